The van der Waals surface area contributed by atoms with Gasteiger partial charge in [0.2, 0.25) is 6.39 Å². The van der Waals surface area contributed by atoms with Gasteiger partial charge in [0.1, 0.15) is 0 Å². The lowest BCUT2D eigenvalue weighted by Gasteiger charge is -2.00. The Morgan fingerprint density at radius 2 is 2.36 bits per heavy atom. The van der Waals surface area contributed by atoms with Gasteiger partial charge < -0.3 is 4.52 Å². The van der Waals surface area contributed by atoms with Crippen LogP contribution in [0.1, 0.15) is 32.5 Å². The number of nitrogens with zero attached hydrogens (tertiary/aromatic N) is 2. The number of aryl methyl sites for hydroxylation is 1. The second-order valence-corrected chi connectivity index (χ2v) is 3.13. The van der Waals surface area contributed by atoms with Crippen LogP contribution in [0, 0.1) is 5.92 Å². The Hall–Kier alpha value is -0.860. The van der Waals surface area contributed by atoms with Crippen LogP contribution in [0.2, 0.25) is 0 Å². The van der Waals surface area contributed by atoms with Crippen molar-refractivity contribution in [3.8, 4) is 0 Å². The fraction of sp³-hybridized carbons (Fsp3) is 0.750. The third kappa shape index (κ3) is 3.16. The highest BCUT2D eigenvalue weighted by atomic mass is 16.5. The summed E-state index contributed by atoms with van der Waals surface area (Å²) in [6.07, 6.45) is 4.70. The minimum Gasteiger partial charge on any atom is -0.343 e. The van der Waals surface area contributed by atoms with Crippen molar-refractivity contribution in [1.82, 2.24) is 10.1 Å². The molecule has 0 spiro atoms. The minimum atomic E-state index is 0.766. The molecule has 0 saturated heterocycles. The van der Waals surface area contributed by atoms with Crippen LogP contribution in [0.15, 0.2) is 10.9 Å². The van der Waals surface area contributed by atoms with Crippen LogP contribution in [0.25, 0.3) is 0 Å². The monoisotopic (exact) mass is 154 g/mol. The third-order valence-corrected chi connectivity index (χ3v) is 1.59. The van der Waals surface area contributed by atoms with Gasteiger partial charge in [-0.25, -0.2) is 0 Å². The summed E-state index contributed by atoms with van der Waals surface area (Å²) in [5.74, 6) is 1.59. The zero-order valence-electron chi connectivity index (χ0n) is 7.08. The van der Waals surface area contributed by atoms with E-state index < -0.39 is 0 Å². The molecule has 0 aromatic carbocycles. The van der Waals surface area contributed by atoms with E-state index in [2.05, 4.69) is 28.5 Å². The largest absolute Gasteiger partial charge is 0.343 e. The topological polar surface area (TPSA) is 38.9 Å². The average molecular weight is 154 g/mol. The first-order chi connectivity index (χ1) is 5.29. The van der Waals surface area contributed by atoms with Crippen molar-refractivity contribution in [2.24, 2.45) is 5.92 Å². The molecule has 0 saturated carbocycles. The van der Waals surface area contributed by atoms with Crippen LogP contribution in [0.4, 0.5) is 0 Å². The molecule has 3 heteroatoms. The smallest absolute Gasteiger partial charge is 0.213 e. The van der Waals surface area contributed by atoms with E-state index in [0.717, 1.165) is 24.6 Å². The molecule has 0 radical (unpaired) electrons. The molecule has 3 nitrogen and oxygen atoms in total. The molecule has 0 aliphatic rings. The summed E-state index contributed by atoms with van der Waals surface area (Å²) >= 11 is 0. The van der Waals surface area contributed by atoms with E-state index in [1.165, 1.54) is 12.8 Å². The Bertz CT molecular complexity index is 182. The summed E-state index contributed by atoms with van der Waals surface area (Å²) < 4.78 is 4.61. The number of aromatic nitrogens is 2. The van der Waals surface area contributed by atoms with E-state index in [4.69, 9.17) is 0 Å². The highest BCUT2D eigenvalue weighted by molar-refractivity contribution is 4.77. The quantitative estimate of drug-likeness (QED) is 0.666. The van der Waals surface area contributed by atoms with Crippen LogP contribution in [0.5, 0.6) is 0 Å². The molecule has 1 aromatic heterocycles. The van der Waals surface area contributed by atoms with Crippen LogP contribution in [0.3, 0.4) is 0 Å². The summed E-state index contributed by atoms with van der Waals surface area (Å²) in [7, 11) is 0. The van der Waals surface area contributed by atoms with Gasteiger partial charge in [0.25, 0.3) is 0 Å². The SMILES string of the molecule is CC(C)CCCc1ncon1. The predicted molar refractivity (Wildman–Crippen MR) is 42.1 cm³/mol. The first kappa shape index (κ1) is 8.24. The highest BCUT2D eigenvalue weighted by Gasteiger charge is 1.99. The summed E-state index contributed by atoms with van der Waals surface area (Å²) in [4.78, 5) is 3.94. The molecule has 0 fully saturated rings. The molecule has 1 rings (SSSR count). The first-order valence-electron chi connectivity index (χ1n) is 4.04. The fourth-order valence-electron chi connectivity index (χ4n) is 0.971. The summed E-state index contributed by atoms with van der Waals surface area (Å²) in [6, 6.07) is 0. The Morgan fingerprint density at radius 1 is 1.55 bits per heavy atom. The fourth-order valence-corrected chi connectivity index (χ4v) is 0.971. The Labute approximate surface area is 66.8 Å². The molecule has 0 aliphatic carbocycles. The summed E-state index contributed by atoms with van der Waals surface area (Å²) in [6.45, 7) is 4.44. The van der Waals surface area contributed by atoms with Crippen LogP contribution < -0.4 is 0 Å². The van der Waals surface area contributed by atoms with Crippen molar-refractivity contribution >= 4 is 0 Å². The van der Waals surface area contributed by atoms with E-state index in [0.29, 0.717) is 0 Å². The van der Waals surface area contributed by atoms with Gasteiger partial charge in [0.05, 0.1) is 0 Å². The standard InChI is InChI=1S/C8H14N2O/c1-7(2)4-3-5-8-9-6-11-10-8/h6-7H,3-5H2,1-2H3. The van der Waals surface area contributed by atoms with Gasteiger partial charge in [0.15, 0.2) is 5.82 Å². The van der Waals surface area contributed by atoms with Gasteiger partial charge in [-0.1, -0.05) is 25.4 Å². The van der Waals surface area contributed by atoms with E-state index in [1.807, 2.05) is 0 Å². The minimum absolute atomic E-state index is 0.766. The lowest BCUT2D eigenvalue weighted by atomic mass is 10.1. The van der Waals surface area contributed by atoms with Crippen molar-refractivity contribution in [3.63, 3.8) is 0 Å². The molecule has 0 bridgehead atoms. The normalized spacial score (nSPS) is 10.8. The molecule has 0 N–H and O–H groups in total. The van der Waals surface area contributed by atoms with Crippen molar-refractivity contribution in [3.05, 3.63) is 12.2 Å². The molecule has 0 aliphatic heterocycles. The molecule has 0 unspecified atom stereocenters. The van der Waals surface area contributed by atoms with E-state index >= 15 is 0 Å². The maximum Gasteiger partial charge on any atom is 0.213 e. The van der Waals surface area contributed by atoms with Gasteiger partial charge in [0, 0.05) is 6.42 Å². The number of hydrogen-bond acceptors (Lipinski definition) is 3. The van der Waals surface area contributed by atoms with Crippen molar-refractivity contribution in [2.45, 2.75) is 33.1 Å². The zero-order chi connectivity index (χ0) is 8.10. The number of hydrogen-bond donors (Lipinski definition) is 0. The maximum absolute atomic E-state index is 4.61. The molecule has 1 aromatic rings. The average Bonchev–Trinajstić information content (AvgIpc) is 2.39. The lowest BCUT2D eigenvalue weighted by molar-refractivity contribution is 0.407. The van der Waals surface area contributed by atoms with Crippen molar-refractivity contribution < 1.29 is 4.52 Å². The second kappa shape index (κ2) is 4.11. The maximum atomic E-state index is 4.61. The highest BCUT2D eigenvalue weighted by Crippen LogP contribution is 2.06. The Morgan fingerprint density at radius 3 is 2.91 bits per heavy atom. The second-order valence-electron chi connectivity index (χ2n) is 3.13. The predicted octanol–water partition coefficient (Wildman–Crippen LogP) is 2.05. The zero-order valence-corrected chi connectivity index (χ0v) is 7.08. The molecule has 62 valence electrons. The first-order valence-corrected chi connectivity index (χ1v) is 4.04. The van der Waals surface area contributed by atoms with Gasteiger partial charge in [-0.3, -0.25) is 0 Å². The summed E-state index contributed by atoms with van der Waals surface area (Å²) in [5, 5.41) is 3.73. The summed E-state index contributed by atoms with van der Waals surface area (Å²) in [5.41, 5.74) is 0. The molecule has 1 heterocycles. The van der Waals surface area contributed by atoms with E-state index in [1.54, 1.807) is 0 Å². The van der Waals surface area contributed by atoms with Gasteiger partial charge in [-0.15, -0.1) is 0 Å². The van der Waals surface area contributed by atoms with Gasteiger partial charge in [-0.2, -0.15) is 4.98 Å². The van der Waals surface area contributed by atoms with Crippen LogP contribution in [-0.2, 0) is 6.42 Å². The van der Waals surface area contributed by atoms with Gasteiger partial charge in [-0.05, 0) is 12.3 Å². The Balaban J connectivity index is 2.14. The molecule has 0 amide bonds. The lowest BCUT2D eigenvalue weighted by Crippen LogP contribution is -1.92. The van der Waals surface area contributed by atoms with Crippen molar-refractivity contribution in [2.75, 3.05) is 0 Å². The Kier molecular flexibility index (Phi) is 3.08. The molecular weight excluding hydrogens is 140 g/mol. The van der Waals surface area contributed by atoms with Crippen LogP contribution >= 0.6 is 0 Å². The third-order valence-electron chi connectivity index (χ3n) is 1.59. The molecular formula is C8H14N2O. The van der Waals surface area contributed by atoms with E-state index in [9.17, 15) is 0 Å². The van der Waals surface area contributed by atoms with Crippen LogP contribution in [-0.4, -0.2) is 10.1 Å². The molecule has 11 heavy (non-hydrogen) atoms. The van der Waals surface area contributed by atoms with Gasteiger partial charge >= 0.3 is 0 Å². The van der Waals surface area contributed by atoms with Crippen molar-refractivity contribution in [1.29, 1.82) is 0 Å². The van der Waals surface area contributed by atoms with E-state index in [-0.39, 0.29) is 0 Å². The molecule has 0 atom stereocenters. The number of rotatable bonds is 4.